The molecule has 0 spiro atoms. The number of aryl methyl sites for hydroxylation is 1. The van der Waals surface area contributed by atoms with E-state index in [2.05, 4.69) is 50.0 Å². The standard InChI is InChI=1S/C16H28N2S/c1-5-14-8-9-15(19-14)11-18-10-13(4)17-12-16(18,6-2)7-3/h8-9,13,17H,5-7,10-12H2,1-4H3. The van der Waals surface area contributed by atoms with Crippen molar-refractivity contribution in [3.8, 4) is 0 Å². The van der Waals surface area contributed by atoms with Crippen LogP contribution in [0.4, 0.5) is 0 Å². The zero-order valence-electron chi connectivity index (χ0n) is 12.8. The first kappa shape index (κ1) is 15.0. The fraction of sp³-hybridized carbons (Fsp3) is 0.750. The van der Waals surface area contributed by atoms with Gasteiger partial charge in [-0.2, -0.15) is 0 Å². The van der Waals surface area contributed by atoms with Crippen molar-refractivity contribution in [2.75, 3.05) is 13.1 Å². The zero-order valence-corrected chi connectivity index (χ0v) is 13.6. The van der Waals surface area contributed by atoms with Crippen LogP contribution in [0.2, 0.25) is 0 Å². The Bertz CT molecular complexity index is 395. The Labute approximate surface area is 122 Å². The molecule has 2 heterocycles. The predicted molar refractivity (Wildman–Crippen MR) is 84.9 cm³/mol. The van der Waals surface area contributed by atoms with Gasteiger partial charge in [0.2, 0.25) is 0 Å². The molecule has 0 radical (unpaired) electrons. The molecule has 3 heteroatoms. The summed E-state index contributed by atoms with van der Waals surface area (Å²) in [6.45, 7) is 12.6. The smallest absolute Gasteiger partial charge is 0.0334 e. The van der Waals surface area contributed by atoms with Gasteiger partial charge in [-0.15, -0.1) is 11.3 Å². The largest absolute Gasteiger partial charge is 0.311 e. The van der Waals surface area contributed by atoms with E-state index in [-0.39, 0.29) is 0 Å². The van der Waals surface area contributed by atoms with E-state index in [4.69, 9.17) is 0 Å². The van der Waals surface area contributed by atoms with Crippen LogP contribution in [0.15, 0.2) is 12.1 Å². The second kappa shape index (κ2) is 6.38. The number of thiophene rings is 1. The van der Waals surface area contributed by atoms with Gasteiger partial charge < -0.3 is 5.32 Å². The molecule has 1 aromatic heterocycles. The quantitative estimate of drug-likeness (QED) is 0.885. The highest BCUT2D eigenvalue weighted by molar-refractivity contribution is 7.11. The lowest BCUT2D eigenvalue weighted by Crippen LogP contribution is -2.63. The minimum Gasteiger partial charge on any atom is -0.311 e. The molecule has 108 valence electrons. The summed E-state index contributed by atoms with van der Waals surface area (Å²) >= 11 is 1.99. The maximum Gasteiger partial charge on any atom is 0.0334 e. The molecule has 1 atom stereocenters. The van der Waals surface area contributed by atoms with Gasteiger partial charge >= 0.3 is 0 Å². The third kappa shape index (κ3) is 3.21. The van der Waals surface area contributed by atoms with Crippen LogP contribution in [0, 0.1) is 0 Å². The van der Waals surface area contributed by atoms with Crippen molar-refractivity contribution >= 4 is 11.3 Å². The van der Waals surface area contributed by atoms with E-state index in [1.54, 1.807) is 0 Å². The molecule has 1 fully saturated rings. The fourth-order valence-corrected chi connectivity index (χ4v) is 4.10. The van der Waals surface area contributed by atoms with E-state index in [9.17, 15) is 0 Å². The molecule has 1 saturated heterocycles. The summed E-state index contributed by atoms with van der Waals surface area (Å²) in [6, 6.07) is 5.23. The van der Waals surface area contributed by atoms with Crippen LogP contribution in [-0.4, -0.2) is 29.6 Å². The van der Waals surface area contributed by atoms with Crippen LogP contribution < -0.4 is 5.32 Å². The summed E-state index contributed by atoms with van der Waals surface area (Å²) in [7, 11) is 0. The van der Waals surface area contributed by atoms with Crippen molar-refractivity contribution in [1.29, 1.82) is 0 Å². The lowest BCUT2D eigenvalue weighted by atomic mass is 9.87. The summed E-state index contributed by atoms with van der Waals surface area (Å²) in [5.41, 5.74) is 0.350. The van der Waals surface area contributed by atoms with Crippen molar-refractivity contribution in [2.24, 2.45) is 0 Å². The first-order valence-corrected chi connectivity index (χ1v) is 8.51. The van der Waals surface area contributed by atoms with E-state index < -0.39 is 0 Å². The van der Waals surface area contributed by atoms with Crippen LogP contribution in [0.5, 0.6) is 0 Å². The fourth-order valence-electron chi connectivity index (χ4n) is 3.13. The number of hydrogen-bond acceptors (Lipinski definition) is 3. The predicted octanol–water partition coefficient (Wildman–Crippen LogP) is 3.66. The van der Waals surface area contributed by atoms with Crippen LogP contribution in [0.25, 0.3) is 0 Å². The van der Waals surface area contributed by atoms with Gasteiger partial charge in [-0.1, -0.05) is 20.8 Å². The van der Waals surface area contributed by atoms with Gasteiger partial charge in [0.05, 0.1) is 0 Å². The number of nitrogens with one attached hydrogen (secondary N) is 1. The maximum absolute atomic E-state index is 3.67. The Morgan fingerprint density at radius 3 is 2.53 bits per heavy atom. The van der Waals surface area contributed by atoms with Gasteiger partial charge in [0.15, 0.2) is 0 Å². The van der Waals surface area contributed by atoms with Gasteiger partial charge in [0, 0.05) is 41.0 Å². The first-order chi connectivity index (χ1) is 9.13. The molecule has 1 aliphatic rings. The van der Waals surface area contributed by atoms with Gasteiger partial charge in [0.1, 0.15) is 0 Å². The van der Waals surface area contributed by atoms with Crippen molar-refractivity contribution in [2.45, 2.75) is 65.1 Å². The Balaban J connectivity index is 2.13. The highest BCUT2D eigenvalue weighted by Gasteiger charge is 2.37. The molecule has 2 nitrogen and oxygen atoms in total. The molecule has 19 heavy (non-hydrogen) atoms. The van der Waals surface area contributed by atoms with E-state index in [0.29, 0.717) is 11.6 Å². The number of hydrogen-bond donors (Lipinski definition) is 1. The van der Waals surface area contributed by atoms with Crippen molar-refractivity contribution < 1.29 is 0 Å². The molecule has 0 amide bonds. The Morgan fingerprint density at radius 2 is 1.95 bits per heavy atom. The van der Waals surface area contributed by atoms with E-state index in [0.717, 1.165) is 19.5 Å². The minimum absolute atomic E-state index is 0.350. The van der Waals surface area contributed by atoms with Gasteiger partial charge in [-0.25, -0.2) is 0 Å². The summed E-state index contributed by atoms with van der Waals surface area (Å²) < 4.78 is 0. The number of nitrogens with zero attached hydrogens (tertiary/aromatic N) is 1. The van der Waals surface area contributed by atoms with Gasteiger partial charge in [-0.05, 0) is 38.3 Å². The van der Waals surface area contributed by atoms with Crippen LogP contribution in [0.3, 0.4) is 0 Å². The molecule has 1 unspecified atom stereocenters. The van der Waals surface area contributed by atoms with Crippen LogP contribution in [0.1, 0.15) is 50.3 Å². The van der Waals surface area contributed by atoms with E-state index >= 15 is 0 Å². The Morgan fingerprint density at radius 1 is 1.26 bits per heavy atom. The maximum atomic E-state index is 3.67. The monoisotopic (exact) mass is 280 g/mol. The summed E-state index contributed by atoms with van der Waals surface area (Å²) in [5.74, 6) is 0. The molecular formula is C16H28N2S. The SMILES string of the molecule is CCc1ccc(CN2CC(C)NCC2(CC)CC)s1. The summed E-state index contributed by atoms with van der Waals surface area (Å²) in [5, 5.41) is 3.67. The highest BCUT2D eigenvalue weighted by Crippen LogP contribution is 2.30. The topological polar surface area (TPSA) is 15.3 Å². The third-order valence-electron chi connectivity index (χ3n) is 4.67. The van der Waals surface area contributed by atoms with Crippen LogP contribution in [-0.2, 0) is 13.0 Å². The van der Waals surface area contributed by atoms with Crippen molar-refractivity contribution in [3.63, 3.8) is 0 Å². The highest BCUT2D eigenvalue weighted by atomic mass is 32.1. The number of piperazine rings is 1. The number of rotatable bonds is 5. The van der Waals surface area contributed by atoms with Gasteiger partial charge in [-0.3, -0.25) is 4.90 Å². The molecule has 1 aromatic rings. The molecule has 1 aliphatic heterocycles. The second-order valence-corrected chi connectivity index (χ2v) is 7.07. The zero-order chi connectivity index (χ0) is 13.9. The lowest BCUT2D eigenvalue weighted by Gasteiger charge is -2.49. The lowest BCUT2D eigenvalue weighted by molar-refractivity contribution is 0.0287. The average molecular weight is 280 g/mol. The van der Waals surface area contributed by atoms with E-state index in [1.165, 1.54) is 29.1 Å². The summed E-state index contributed by atoms with van der Waals surface area (Å²) in [4.78, 5) is 5.76. The molecule has 0 aromatic carbocycles. The van der Waals surface area contributed by atoms with Crippen molar-refractivity contribution in [3.05, 3.63) is 21.9 Å². The molecular weight excluding hydrogens is 252 g/mol. The Kier molecular flexibility index (Phi) is 5.04. The average Bonchev–Trinajstić information content (AvgIpc) is 2.88. The minimum atomic E-state index is 0.350. The van der Waals surface area contributed by atoms with Crippen molar-refractivity contribution in [1.82, 2.24) is 10.2 Å². The Hall–Kier alpha value is -0.380. The molecule has 0 saturated carbocycles. The second-order valence-electron chi connectivity index (χ2n) is 5.82. The molecule has 0 aliphatic carbocycles. The molecule has 2 rings (SSSR count). The molecule has 0 bridgehead atoms. The first-order valence-electron chi connectivity index (χ1n) is 7.69. The normalized spacial score (nSPS) is 23.7. The third-order valence-corrected chi connectivity index (χ3v) is 5.89. The van der Waals surface area contributed by atoms with Crippen LogP contribution >= 0.6 is 11.3 Å². The summed E-state index contributed by atoms with van der Waals surface area (Å²) in [6.07, 6.45) is 3.62. The molecule has 1 N–H and O–H groups in total. The van der Waals surface area contributed by atoms with E-state index in [1.807, 2.05) is 11.3 Å². The van der Waals surface area contributed by atoms with Gasteiger partial charge in [0.25, 0.3) is 0 Å².